The topological polar surface area (TPSA) is 22.1 Å². The first-order chi connectivity index (χ1) is 8.19. The molecule has 2 atom stereocenters. The SMILES string of the molecule is CCC1CCCC(Oc2cc(C)c(Br)cn2)C1. The highest BCUT2D eigenvalue weighted by atomic mass is 79.9. The van der Waals surface area contributed by atoms with Crippen LogP contribution in [0.2, 0.25) is 0 Å². The molecular weight excluding hydrogens is 278 g/mol. The third-order valence-corrected chi connectivity index (χ3v) is 4.45. The van der Waals surface area contributed by atoms with Crippen LogP contribution in [0.4, 0.5) is 0 Å². The lowest BCUT2D eigenvalue weighted by Gasteiger charge is -2.28. The Morgan fingerprint density at radius 1 is 1.47 bits per heavy atom. The largest absolute Gasteiger partial charge is 0.474 e. The van der Waals surface area contributed by atoms with Gasteiger partial charge in [-0.3, -0.25) is 0 Å². The van der Waals surface area contributed by atoms with Gasteiger partial charge in [0.2, 0.25) is 5.88 Å². The van der Waals surface area contributed by atoms with Gasteiger partial charge in [-0.25, -0.2) is 4.98 Å². The Labute approximate surface area is 112 Å². The third-order valence-electron chi connectivity index (χ3n) is 3.62. The minimum atomic E-state index is 0.363. The molecule has 1 saturated carbocycles. The minimum absolute atomic E-state index is 0.363. The molecule has 0 bridgehead atoms. The first-order valence-corrected chi connectivity index (χ1v) is 7.27. The number of hydrogen-bond donors (Lipinski definition) is 0. The molecule has 1 aliphatic carbocycles. The van der Waals surface area contributed by atoms with E-state index in [9.17, 15) is 0 Å². The van der Waals surface area contributed by atoms with Crippen molar-refractivity contribution in [1.82, 2.24) is 4.98 Å². The second-order valence-corrected chi connectivity index (χ2v) is 5.81. The molecule has 1 aromatic rings. The highest BCUT2D eigenvalue weighted by molar-refractivity contribution is 9.10. The fourth-order valence-corrected chi connectivity index (χ4v) is 2.69. The molecular formula is C14H20BrNO. The van der Waals surface area contributed by atoms with E-state index in [1.165, 1.54) is 37.7 Å². The van der Waals surface area contributed by atoms with Crippen LogP contribution >= 0.6 is 15.9 Å². The van der Waals surface area contributed by atoms with E-state index in [2.05, 4.69) is 34.8 Å². The summed E-state index contributed by atoms with van der Waals surface area (Å²) in [5, 5.41) is 0. The molecule has 1 aromatic heterocycles. The molecule has 0 radical (unpaired) electrons. The number of aromatic nitrogens is 1. The van der Waals surface area contributed by atoms with E-state index >= 15 is 0 Å². The molecule has 0 aliphatic heterocycles. The maximum atomic E-state index is 5.99. The van der Waals surface area contributed by atoms with E-state index in [1.54, 1.807) is 0 Å². The van der Waals surface area contributed by atoms with Gasteiger partial charge in [0.25, 0.3) is 0 Å². The Bertz CT molecular complexity index is 380. The highest BCUT2D eigenvalue weighted by Gasteiger charge is 2.22. The van der Waals surface area contributed by atoms with E-state index in [1.807, 2.05) is 12.3 Å². The fourth-order valence-electron chi connectivity index (χ4n) is 2.47. The van der Waals surface area contributed by atoms with Crippen molar-refractivity contribution < 1.29 is 4.74 Å². The number of ether oxygens (including phenoxy) is 1. The summed E-state index contributed by atoms with van der Waals surface area (Å²) in [6.07, 6.45) is 8.47. The van der Waals surface area contributed by atoms with Gasteiger partial charge in [0.1, 0.15) is 6.10 Å². The van der Waals surface area contributed by atoms with Crippen LogP contribution in [0.5, 0.6) is 5.88 Å². The fraction of sp³-hybridized carbons (Fsp3) is 0.643. The van der Waals surface area contributed by atoms with Crippen molar-refractivity contribution in [3.63, 3.8) is 0 Å². The average molecular weight is 298 g/mol. The average Bonchev–Trinajstić information content (AvgIpc) is 2.34. The normalized spacial score (nSPS) is 24.6. The van der Waals surface area contributed by atoms with Crippen molar-refractivity contribution in [1.29, 1.82) is 0 Å². The van der Waals surface area contributed by atoms with Crippen LogP contribution in [0.25, 0.3) is 0 Å². The van der Waals surface area contributed by atoms with Crippen LogP contribution in [0.15, 0.2) is 16.7 Å². The summed E-state index contributed by atoms with van der Waals surface area (Å²) in [5.41, 5.74) is 1.18. The molecule has 0 N–H and O–H groups in total. The van der Waals surface area contributed by atoms with Crippen LogP contribution in [0.3, 0.4) is 0 Å². The quantitative estimate of drug-likeness (QED) is 0.819. The summed E-state index contributed by atoms with van der Waals surface area (Å²) in [7, 11) is 0. The van der Waals surface area contributed by atoms with E-state index < -0.39 is 0 Å². The summed E-state index contributed by atoms with van der Waals surface area (Å²) in [5.74, 6) is 1.61. The number of rotatable bonds is 3. The number of hydrogen-bond acceptors (Lipinski definition) is 2. The van der Waals surface area contributed by atoms with Gasteiger partial charge in [-0.05, 0) is 53.6 Å². The molecule has 0 saturated heterocycles. The molecule has 2 rings (SSSR count). The maximum absolute atomic E-state index is 5.99. The van der Waals surface area contributed by atoms with Crippen LogP contribution < -0.4 is 4.74 Å². The smallest absolute Gasteiger partial charge is 0.213 e. The van der Waals surface area contributed by atoms with Crippen LogP contribution in [-0.4, -0.2) is 11.1 Å². The van der Waals surface area contributed by atoms with Crippen LogP contribution in [0.1, 0.15) is 44.6 Å². The van der Waals surface area contributed by atoms with Crippen LogP contribution in [0, 0.1) is 12.8 Å². The molecule has 3 heteroatoms. The molecule has 17 heavy (non-hydrogen) atoms. The predicted molar refractivity (Wildman–Crippen MR) is 73.3 cm³/mol. The Balaban J connectivity index is 1.97. The Morgan fingerprint density at radius 3 is 3.00 bits per heavy atom. The summed E-state index contributed by atoms with van der Waals surface area (Å²) in [4.78, 5) is 4.31. The monoisotopic (exact) mass is 297 g/mol. The lowest BCUT2D eigenvalue weighted by Crippen LogP contribution is -2.25. The van der Waals surface area contributed by atoms with Gasteiger partial charge in [0.15, 0.2) is 0 Å². The standard InChI is InChI=1S/C14H20BrNO/c1-3-11-5-4-6-12(8-11)17-14-7-10(2)13(15)9-16-14/h7,9,11-12H,3-6,8H2,1-2H3. The lowest BCUT2D eigenvalue weighted by atomic mass is 9.85. The minimum Gasteiger partial charge on any atom is -0.474 e. The zero-order valence-corrected chi connectivity index (χ0v) is 12.2. The number of aryl methyl sites for hydroxylation is 1. The van der Waals surface area contributed by atoms with Gasteiger partial charge in [-0.1, -0.05) is 19.8 Å². The first-order valence-electron chi connectivity index (χ1n) is 6.47. The van der Waals surface area contributed by atoms with Crippen molar-refractivity contribution >= 4 is 15.9 Å². The summed E-state index contributed by atoms with van der Waals surface area (Å²) in [6.45, 7) is 4.34. The molecule has 94 valence electrons. The van der Waals surface area contributed by atoms with Crippen molar-refractivity contribution in [2.45, 2.75) is 52.1 Å². The molecule has 1 fully saturated rings. The molecule has 2 nitrogen and oxygen atoms in total. The van der Waals surface area contributed by atoms with Gasteiger partial charge < -0.3 is 4.74 Å². The second kappa shape index (κ2) is 5.85. The van der Waals surface area contributed by atoms with Crippen molar-refractivity contribution in [3.8, 4) is 5.88 Å². The summed E-state index contributed by atoms with van der Waals surface area (Å²) in [6, 6.07) is 2.01. The first kappa shape index (κ1) is 12.9. The molecule has 1 heterocycles. The van der Waals surface area contributed by atoms with E-state index in [0.717, 1.165) is 16.3 Å². The van der Waals surface area contributed by atoms with Gasteiger partial charge in [0, 0.05) is 16.7 Å². The van der Waals surface area contributed by atoms with Gasteiger partial charge in [0.05, 0.1) is 0 Å². The lowest BCUT2D eigenvalue weighted by molar-refractivity contribution is 0.117. The molecule has 0 aromatic carbocycles. The Hall–Kier alpha value is -0.570. The second-order valence-electron chi connectivity index (χ2n) is 4.95. The van der Waals surface area contributed by atoms with Crippen molar-refractivity contribution in [2.75, 3.05) is 0 Å². The summed E-state index contributed by atoms with van der Waals surface area (Å²) < 4.78 is 7.03. The van der Waals surface area contributed by atoms with Crippen molar-refractivity contribution in [2.24, 2.45) is 5.92 Å². The molecule has 1 aliphatic rings. The molecule has 2 unspecified atom stereocenters. The Morgan fingerprint density at radius 2 is 2.29 bits per heavy atom. The number of halogens is 1. The van der Waals surface area contributed by atoms with Gasteiger partial charge in [-0.2, -0.15) is 0 Å². The van der Waals surface area contributed by atoms with Crippen LogP contribution in [-0.2, 0) is 0 Å². The zero-order chi connectivity index (χ0) is 12.3. The number of nitrogens with zero attached hydrogens (tertiary/aromatic N) is 1. The van der Waals surface area contributed by atoms with Crippen molar-refractivity contribution in [3.05, 3.63) is 22.3 Å². The van der Waals surface area contributed by atoms with E-state index in [4.69, 9.17) is 4.74 Å². The highest BCUT2D eigenvalue weighted by Crippen LogP contribution is 2.29. The van der Waals surface area contributed by atoms with Gasteiger partial charge >= 0.3 is 0 Å². The third kappa shape index (κ3) is 3.44. The predicted octanol–water partition coefficient (Wildman–Crippen LogP) is 4.50. The molecule has 0 amide bonds. The summed E-state index contributed by atoms with van der Waals surface area (Å²) >= 11 is 3.46. The van der Waals surface area contributed by atoms with Gasteiger partial charge in [-0.15, -0.1) is 0 Å². The van der Waals surface area contributed by atoms with E-state index in [0.29, 0.717) is 6.10 Å². The molecule has 0 spiro atoms. The zero-order valence-electron chi connectivity index (χ0n) is 10.6. The Kier molecular flexibility index (Phi) is 4.43. The van der Waals surface area contributed by atoms with E-state index in [-0.39, 0.29) is 0 Å². The number of pyridine rings is 1. The maximum Gasteiger partial charge on any atom is 0.213 e.